The second kappa shape index (κ2) is 6.16. The molecule has 0 bridgehead atoms. The van der Waals surface area contributed by atoms with Crippen molar-refractivity contribution < 1.29 is 0 Å². The molecule has 2 rings (SSSR count). The molecule has 0 fully saturated rings. The second-order valence-corrected chi connectivity index (χ2v) is 3.69. The number of nitrogens with zero attached hydrogens (tertiary/aromatic N) is 2. The molecule has 86 valence electrons. The van der Waals surface area contributed by atoms with Crippen LogP contribution in [0, 0.1) is 0 Å². The predicted octanol–water partition coefficient (Wildman–Crippen LogP) is 2.25. The van der Waals surface area contributed by atoms with Crippen LogP contribution in [-0.2, 0) is 13.0 Å². The smallest absolute Gasteiger partial charge is 0.0541 e. The van der Waals surface area contributed by atoms with E-state index in [1.807, 2.05) is 10.9 Å². The zero-order valence-electron chi connectivity index (χ0n) is 8.99. The summed E-state index contributed by atoms with van der Waals surface area (Å²) in [5.41, 5.74) is 3.98. The number of hydrogen-bond acceptors (Lipinski definition) is 2. The summed E-state index contributed by atoms with van der Waals surface area (Å²) in [6.45, 7) is 6.21. The molecule has 1 aliphatic heterocycles. The summed E-state index contributed by atoms with van der Waals surface area (Å²) in [6.07, 6.45) is 5.13. The van der Waals surface area contributed by atoms with Crippen LogP contribution in [0.15, 0.2) is 11.8 Å². The van der Waals surface area contributed by atoms with Gasteiger partial charge in [0.1, 0.15) is 0 Å². The van der Waals surface area contributed by atoms with E-state index < -0.39 is 0 Å². The molecular formula is C10H17Cl2N3. The molecule has 0 saturated carbocycles. The number of fused-ring (bicyclic) bond motifs is 1. The Balaban J connectivity index is 0.000000980. The molecule has 0 spiro atoms. The average Bonchev–Trinajstić information content (AvgIpc) is 2.48. The highest BCUT2D eigenvalue weighted by Crippen LogP contribution is 2.13. The van der Waals surface area contributed by atoms with E-state index in [0.29, 0.717) is 0 Å². The van der Waals surface area contributed by atoms with Crippen LogP contribution in [0.2, 0.25) is 0 Å². The lowest BCUT2D eigenvalue weighted by molar-refractivity contribution is 0.627. The van der Waals surface area contributed by atoms with Crippen LogP contribution in [0.25, 0.3) is 6.20 Å². The molecule has 0 aromatic carbocycles. The highest BCUT2D eigenvalue weighted by atomic mass is 35.5. The van der Waals surface area contributed by atoms with E-state index in [1.54, 1.807) is 0 Å². The van der Waals surface area contributed by atoms with Crippen LogP contribution >= 0.6 is 24.8 Å². The molecule has 0 unspecified atom stereocenters. The van der Waals surface area contributed by atoms with Crippen molar-refractivity contribution in [2.75, 3.05) is 6.54 Å². The van der Waals surface area contributed by atoms with Gasteiger partial charge >= 0.3 is 0 Å². The van der Waals surface area contributed by atoms with Crippen molar-refractivity contribution in [1.82, 2.24) is 15.1 Å². The van der Waals surface area contributed by atoms with E-state index in [4.69, 9.17) is 0 Å². The van der Waals surface area contributed by atoms with E-state index in [-0.39, 0.29) is 24.8 Å². The third-order valence-electron chi connectivity index (χ3n) is 2.22. The molecule has 3 nitrogen and oxygen atoms in total. The van der Waals surface area contributed by atoms with Crippen LogP contribution in [0.3, 0.4) is 0 Å². The summed E-state index contributed by atoms with van der Waals surface area (Å²) in [5.74, 6) is 0. The Morgan fingerprint density at radius 3 is 2.87 bits per heavy atom. The molecule has 15 heavy (non-hydrogen) atoms. The van der Waals surface area contributed by atoms with Crippen LogP contribution < -0.4 is 5.32 Å². The fourth-order valence-corrected chi connectivity index (χ4v) is 1.63. The van der Waals surface area contributed by atoms with Gasteiger partial charge in [-0.2, -0.15) is 5.10 Å². The van der Waals surface area contributed by atoms with E-state index in [1.165, 1.54) is 16.8 Å². The summed E-state index contributed by atoms with van der Waals surface area (Å²) < 4.78 is 2.01. The standard InChI is InChI=1S/C10H15N3.2ClH/c1-8(2)7-13-10-3-4-11-5-9(10)6-12-13;;/h6-7,11H,3-5H2,1-2H3;2*1H. The number of halogens is 2. The maximum atomic E-state index is 4.34. The maximum Gasteiger partial charge on any atom is 0.0541 e. The van der Waals surface area contributed by atoms with Crippen molar-refractivity contribution in [2.45, 2.75) is 26.8 Å². The third kappa shape index (κ3) is 3.23. The molecule has 2 heterocycles. The average molecular weight is 250 g/mol. The molecule has 0 atom stereocenters. The minimum atomic E-state index is 0. The van der Waals surface area contributed by atoms with Gasteiger partial charge in [-0.25, -0.2) is 4.68 Å². The Morgan fingerprint density at radius 2 is 2.20 bits per heavy atom. The predicted molar refractivity (Wildman–Crippen MR) is 67.8 cm³/mol. The lowest BCUT2D eigenvalue weighted by Gasteiger charge is -2.13. The Hall–Kier alpha value is -0.510. The molecular weight excluding hydrogens is 233 g/mol. The van der Waals surface area contributed by atoms with Crippen LogP contribution in [-0.4, -0.2) is 16.3 Å². The molecule has 1 aromatic heterocycles. The van der Waals surface area contributed by atoms with E-state index in [9.17, 15) is 0 Å². The first-order chi connectivity index (χ1) is 6.27. The fraction of sp³-hybridized carbons (Fsp3) is 0.500. The van der Waals surface area contributed by atoms with Gasteiger partial charge in [0.15, 0.2) is 0 Å². The molecule has 1 aromatic rings. The van der Waals surface area contributed by atoms with E-state index in [0.717, 1.165) is 19.5 Å². The Morgan fingerprint density at radius 1 is 1.47 bits per heavy atom. The van der Waals surface area contributed by atoms with Gasteiger partial charge in [0.05, 0.1) is 6.20 Å². The molecule has 1 aliphatic rings. The Labute approximate surface area is 103 Å². The van der Waals surface area contributed by atoms with Crippen molar-refractivity contribution in [3.8, 4) is 0 Å². The zero-order chi connectivity index (χ0) is 9.26. The van der Waals surface area contributed by atoms with Gasteiger partial charge in [-0.15, -0.1) is 24.8 Å². The first kappa shape index (κ1) is 14.5. The molecule has 0 saturated heterocycles. The van der Waals surface area contributed by atoms with Gasteiger partial charge in [0.2, 0.25) is 0 Å². The lowest BCUT2D eigenvalue weighted by Crippen LogP contribution is -2.23. The monoisotopic (exact) mass is 249 g/mol. The highest BCUT2D eigenvalue weighted by molar-refractivity contribution is 5.85. The number of nitrogens with one attached hydrogen (secondary N) is 1. The van der Waals surface area contributed by atoms with Crippen LogP contribution in [0.5, 0.6) is 0 Å². The zero-order valence-corrected chi connectivity index (χ0v) is 10.6. The minimum Gasteiger partial charge on any atom is -0.312 e. The van der Waals surface area contributed by atoms with Gasteiger partial charge in [0, 0.05) is 37.0 Å². The highest BCUT2D eigenvalue weighted by Gasteiger charge is 2.12. The fourth-order valence-electron chi connectivity index (χ4n) is 1.63. The number of allylic oxidation sites excluding steroid dienone is 1. The Kier molecular flexibility index (Phi) is 5.95. The Bertz CT molecular complexity index is 340. The van der Waals surface area contributed by atoms with Gasteiger partial charge in [-0.05, 0) is 13.8 Å². The summed E-state index contributed by atoms with van der Waals surface area (Å²) in [7, 11) is 0. The number of rotatable bonds is 1. The van der Waals surface area contributed by atoms with Crippen LogP contribution in [0.4, 0.5) is 0 Å². The van der Waals surface area contributed by atoms with E-state index in [2.05, 4.69) is 30.5 Å². The number of aromatic nitrogens is 2. The molecule has 1 N–H and O–H groups in total. The van der Waals surface area contributed by atoms with E-state index >= 15 is 0 Å². The normalized spacial score (nSPS) is 13.2. The van der Waals surface area contributed by atoms with Crippen molar-refractivity contribution in [3.63, 3.8) is 0 Å². The third-order valence-corrected chi connectivity index (χ3v) is 2.22. The molecule has 0 radical (unpaired) electrons. The van der Waals surface area contributed by atoms with Crippen LogP contribution in [0.1, 0.15) is 25.1 Å². The summed E-state index contributed by atoms with van der Waals surface area (Å²) >= 11 is 0. The number of hydrogen-bond donors (Lipinski definition) is 1. The summed E-state index contributed by atoms with van der Waals surface area (Å²) in [6, 6.07) is 0. The van der Waals surface area contributed by atoms with Crippen molar-refractivity contribution in [1.29, 1.82) is 0 Å². The van der Waals surface area contributed by atoms with Crippen molar-refractivity contribution in [2.24, 2.45) is 0 Å². The summed E-state index contributed by atoms with van der Waals surface area (Å²) in [5, 5.41) is 7.67. The van der Waals surface area contributed by atoms with Crippen molar-refractivity contribution in [3.05, 3.63) is 23.0 Å². The second-order valence-electron chi connectivity index (χ2n) is 3.69. The topological polar surface area (TPSA) is 29.9 Å². The SMILES string of the molecule is CC(C)=Cn1ncc2c1CCNC2.Cl.Cl. The van der Waals surface area contributed by atoms with Gasteiger partial charge in [0.25, 0.3) is 0 Å². The summed E-state index contributed by atoms with van der Waals surface area (Å²) in [4.78, 5) is 0. The van der Waals surface area contributed by atoms with Gasteiger partial charge < -0.3 is 5.32 Å². The quantitative estimate of drug-likeness (QED) is 0.828. The minimum absolute atomic E-state index is 0. The first-order valence-electron chi connectivity index (χ1n) is 4.68. The van der Waals surface area contributed by atoms with Gasteiger partial charge in [-0.3, -0.25) is 0 Å². The lowest BCUT2D eigenvalue weighted by atomic mass is 10.1. The largest absolute Gasteiger partial charge is 0.312 e. The molecule has 5 heteroatoms. The van der Waals surface area contributed by atoms with Crippen molar-refractivity contribution >= 4 is 31.0 Å². The molecule has 0 aliphatic carbocycles. The first-order valence-corrected chi connectivity index (χ1v) is 4.68. The van der Waals surface area contributed by atoms with Gasteiger partial charge in [-0.1, -0.05) is 5.57 Å². The maximum absolute atomic E-state index is 4.34. The molecule has 0 amide bonds.